The molecule has 0 heterocycles. The molecule has 0 spiro atoms. The Labute approximate surface area is 137 Å². The fraction of sp³-hybridized carbons (Fsp3) is 0.222. The lowest BCUT2D eigenvalue weighted by Gasteiger charge is -2.31. The van der Waals surface area contributed by atoms with Gasteiger partial charge in [0.1, 0.15) is 5.76 Å². The molecule has 4 heteroatoms. The third kappa shape index (κ3) is 2.48. The average Bonchev–Trinajstić information content (AvgIpc) is 2.51. The standard InChI is InChI=1S/C18H15BrO3/c1-10-14(9-11-5-7-12(19)8-6-11)18(22)16-13(17(10)21)3-2-4-15(16)20/h2-8,13,16,20H,9H2,1H3. The summed E-state index contributed by atoms with van der Waals surface area (Å²) in [7, 11) is 0. The summed E-state index contributed by atoms with van der Waals surface area (Å²) in [5.74, 6) is -1.57. The van der Waals surface area contributed by atoms with E-state index in [2.05, 4.69) is 15.9 Å². The summed E-state index contributed by atoms with van der Waals surface area (Å²) >= 11 is 3.38. The number of halogens is 1. The molecular weight excluding hydrogens is 344 g/mol. The van der Waals surface area contributed by atoms with Gasteiger partial charge in [0.05, 0.1) is 11.8 Å². The Morgan fingerprint density at radius 3 is 2.50 bits per heavy atom. The predicted octanol–water partition coefficient (Wildman–Crippen LogP) is 3.70. The number of allylic oxidation sites excluding steroid dienone is 6. The lowest BCUT2D eigenvalue weighted by Crippen LogP contribution is -2.38. The van der Waals surface area contributed by atoms with E-state index < -0.39 is 11.8 Å². The molecule has 0 saturated heterocycles. The lowest BCUT2D eigenvalue weighted by atomic mass is 9.70. The summed E-state index contributed by atoms with van der Waals surface area (Å²) in [6.07, 6.45) is 5.23. The fourth-order valence-electron chi connectivity index (χ4n) is 3.01. The van der Waals surface area contributed by atoms with Crippen molar-refractivity contribution >= 4 is 27.5 Å². The molecule has 2 aliphatic rings. The monoisotopic (exact) mass is 358 g/mol. The SMILES string of the molecule is CC1=C(Cc2ccc(Br)cc2)C(=O)C2C(O)=CC=CC2C1=O. The van der Waals surface area contributed by atoms with E-state index in [1.807, 2.05) is 24.3 Å². The van der Waals surface area contributed by atoms with Gasteiger partial charge in [0, 0.05) is 16.5 Å². The Balaban J connectivity index is 1.99. The van der Waals surface area contributed by atoms with Gasteiger partial charge in [0.25, 0.3) is 0 Å². The molecule has 112 valence electrons. The number of carbonyl (C=O) groups excluding carboxylic acids is 2. The number of aliphatic hydroxyl groups excluding tert-OH is 1. The van der Waals surface area contributed by atoms with Gasteiger partial charge >= 0.3 is 0 Å². The molecule has 0 bridgehead atoms. The topological polar surface area (TPSA) is 54.4 Å². The Hall–Kier alpha value is -1.94. The number of benzene rings is 1. The zero-order valence-corrected chi connectivity index (χ0v) is 13.6. The van der Waals surface area contributed by atoms with Crippen LogP contribution in [0.3, 0.4) is 0 Å². The summed E-state index contributed by atoms with van der Waals surface area (Å²) in [4.78, 5) is 25.2. The molecule has 0 saturated carbocycles. The van der Waals surface area contributed by atoms with Crippen LogP contribution in [0.4, 0.5) is 0 Å². The minimum Gasteiger partial charge on any atom is -0.512 e. The summed E-state index contributed by atoms with van der Waals surface area (Å²) in [6.45, 7) is 1.70. The number of hydrogen-bond acceptors (Lipinski definition) is 3. The van der Waals surface area contributed by atoms with Gasteiger partial charge < -0.3 is 5.11 Å². The van der Waals surface area contributed by atoms with E-state index in [1.54, 1.807) is 19.1 Å². The zero-order chi connectivity index (χ0) is 15.9. The number of aliphatic hydroxyl groups is 1. The molecule has 3 rings (SSSR count). The van der Waals surface area contributed by atoms with Crippen LogP contribution >= 0.6 is 15.9 Å². The third-order valence-corrected chi connectivity index (χ3v) is 4.79. The van der Waals surface area contributed by atoms with E-state index in [0.29, 0.717) is 17.6 Å². The highest BCUT2D eigenvalue weighted by atomic mass is 79.9. The minimum atomic E-state index is -0.758. The van der Waals surface area contributed by atoms with Crippen LogP contribution in [-0.4, -0.2) is 16.7 Å². The van der Waals surface area contributed by atoms with Crippen molar-refractivity contribution in [3.8, 4) is 0 Å². The van der Waals surface area contributed by atoms with Crippen molar-refractivity contribution in [1.82, 2.24) is 0 Å². The Bertz CT molecular complexity index is 738. The first kappa shape index (κ1) is 15.0. The van der Waals surface area contributed by atoms with E-state index in [-0.39, 0.29) is 17.3 Å². The Morgan fingerprint density at radius 1 is 1.14 bits per heavy atom. The van der Waals surface area contributed by atoms with Crippen molar-refractivity contribution in [2.45, 2.75) is 13.3 Å². The Kier molecular flexibility index (Phi) is 3.87. The second kappa shape index (κ2) is 5.69. The fourth-order valence-corrected chi connectivity index (χ4v) is 3.27. The molecule has 0 aliphatic heterocycles. The highest BCUT2D eigenvalue weighted by molar-refractivity contribution is 9.10. The van der Waals surface area contributed by atoms with Crippen molar-refractivity contribution in [3.63, 3.8) is 0 Å². The van der Waals surface area contributed by atoms with Gasteiger partial charge in [-0.15, -0.1) is 0 Å². The molecule has 0 aromatic heterocycles. The number of ketones is 2. The maximum Gasteiger partial charge on any atom is 0.171 e. The predicted molar refractivity (Wildman–Crippen MR) is 87.4 cm³/mol. The smallest absolute Gasteiger partial charge is 0.171 e. The molecular formula is C18H15BrO3. The van der Waals surface area contributed by atoms with E-state index in [1.165, 1.54) is 6.08 Å². The highest BCUT2D eigenvalue weighted by Gasteiger charge is 2.43. The second-order valence-electron chi connectivity index (χ2n) is 5.62. The Morgan fingerprint density at radius 2 is 1.82 bits per heavy atom. The van der Waals surface area contributed by atoms with Crippen molar-refractivity contribution in [3.05, 3.63) is 69.4 Å². The van der Waals surface area contributed by atoms with E-state index in [0.717, 1.165) is 10.0 Å². The van der Waals surface area contributed by atoms with Gasteiger partial charge in [0.15, 0.2) is 11.6 Å². The first-order valence-corrected chi connectivity index (χ1v) is 7.88. The quantitative estimate of drug-likeness (QED) is 0.876. The molecule has 1 aromatic carbocycles. The first-order chi connectivity index (χ1) is 10.5. The van der Waals surface area contributed by atoms with Gasteiger partial charge in [-0.3, -0.25) is 9.59 Å². The van der Waals surface area contributed by atoms with Crippen LogP contribution < -0.4 is 0 Å². The van der Waals surface area contributed by atoms with Crippen molar-refractivity contribution in [1.29, 1.82) is 0 Å². The maximum absolute atomic E-state index is 12.7. The molecule has 0 amide bonds. The summed E-state index contributed by atoms with van der Waals surface area (Å²) in [5.41, 5.74) is 1.98. The number of hydrogen-bond donors (Lipinski definition) is 1. The molecule has 2 unspecified atom stereocenters. The normalized spacial score (nSPS) is 24.4. The minimum absolute atomic E-state index is 0.0216. The first-order valence-electron chi connectivity index (χ1n) is 7.09. The molecule has 3 nitrogen and oxygen atoms in total. The molecule has 0 fully saturated rings. The molecule has 2 atom stereocenters. The number of rotatable bonds is 2. The van der Waals surface area contributed by atoms with Crippen LogP contribution in [0.25, 0.3) is 0 Å². The van der Waals surface area contributed by atoms with E-state index >= 15 is 0 Å². The van der Waals surface area contributed by atoms with E-state index in [9.17, 15) is 14.7 Å². The summed E-state index contributed by atoms with van der Waals surface area (Å²) < 4.78 is 0.964. The maximum atomic E-state index is 12.7. The summed E-state index contributed by atoms with van der Waals surface area (Å²) in [6, 6.07) is 7.66. The number of fused-ring (bicyclic) bond motifs is 1. The molecule has 22 heavy (non-hydrogen) atoms. The van der Waals surface area contributed by atoms with Crippen molar-refractivity contribution < 1.29 is 14.7 Å². The van der Waals surface area contributed by atoms with Crippen LogP contribution in [0.15, 0.2) is 63.9 Å². The van der Waals surface area contributed by atoms with Gasteiger partial charge in [-0.2, -0.15) is 0 Å². The third-order valence-electron chi connectivity index (χ3n) is 4.26. The highest BCUT2D eigenvalue weighted by Crippen LogP contribution is 2.36. The molecule has 2 aliphatic carbocycles. The number of carbonyl (C=O) groups is 2. The van der Waals surface area contributed by atoms with Crippen LogP contribution in [0.5, 0.6) is 0 Å². The molecule has 1 aromatic rings. The molecule has 1 N–H and O–H groups in total. The van der Waals surface area contributed by atoms with Crippen molar-refractivity contribution in [2.75, 3.05) is 0 Å². The average molecular weight is 359 g/mol. The van der Waals surface area contributed by atoms with Crippen LogP contribution in [0, 0.1) is 11.8 Å². The van der Waals surface area contributed by atoms with Crippen LogP contribution in [-0.2, 0) is 16.0 Å². The largest absolute Gasteiger partial charge is 0.512 e. The van der Waals surface area contributed by atoms with Gasteiger partial charge in [-0.05, 0) is 36.3 Å². The lowest BCUT2D eigenvalue weighted by molar-refractivity contribution is -0.128. The van der Waals surface area contributed by atoms with Crippen LogP contribution in [0.2, 0.25) is 0 Å². The summed E-state index contributed by atoms with van der Waals surface area (Å²) in [5, 5.41) is 10.0. The van der Waals surface area contributed by atoms with Gasteiger partial charge in [0.2, 0.25) is 0 Å². The van der Waals surface area contributed by atoms with Gasteiger partial charge in [-0.1, -0.05) is 40.2 Å². The van der Waals surface area contributed by atoms with E-state index in [4.69, 9.17) is 0 Å². The van der Waals surface area contributed by atoms with Crippen LogP contribution in [0.1, 0.15) is 12.5 Å². The number of Topliss-reactive ketones (excluding diaryl/α,β-unsaturated/α-hetero) is 2. The zero-order valence-electron chi connectivity index (χ0n) is 12.0. The van der Waals surface area contributed by atoms with Crippen molar-refractivity contribution in [2.24, 2.45) is 11.8 Å². The molecule has 0 radical (unpaired) electrons. The second-order valence-corrected chi connectivity index (χ2v) is 6.53. The van der Waals surface area contributed by atoms with Gasteiger partial charge in [-0.25, -0.2) is 0 Å².